The van der Waals surface area contributed by atoms with Crippen LogP contribution in [0.15, 0.2) is 76.2 Å². The van der Waals surface area contributed by atoms with Crippen LogP contribution in [0.5, 0.6) is 17.2 Å². The van der Waals surface area contributed by atoms with E-state index in [0.29, 0.717) is 22.8 Å². The second-order valence-electron chi connectivity index (χ2n) is 8.33. The summed E-state index contributed by atoms with van der Waals surface area (Å²) >= 11 is 0. The largest absolute Gasteiger partial charge is 0.493 e. The van der Waals surface area contributed by atoms with Crippen molar-refractivity contribution in [2.45, 2.75) is 20.5 Å². The molecule has 2 heterocycles. The highest BCUT2D eigenvalue weighted by Crippen LogP contribution is 2.30. The number of aryl methyl sites for hydroxylation is 2. The molecular formula is C28H28N4O6. The van der Waals surface area contributed by atoms with E-state index in [1.165, 1.54) is 19.4 Å². The Morgan fingerprint density at radius 2 is 1.74 bits per heavy atom. The molecule has 0 saturated carbocycles. The van der Waals surface area contributed by atoms with Crippen LogP contribution in [0.2, 0.25) is 0 Å². The number of primary amides is 1. The maximum absolute atomic E-state index is 12.5. The zero-order chi connectivity index (χ0) is 27.1. The number of hydrogen-bond donors (Lipinski definition) is 2. The molecule has 10 heteroatoms. The van der Waals surface area contributed by atoms with Gasteiger partial charge in [-0.1, -0.05) is 6.07 Å². The van der Waals surface area contributed by atoms with E-state index in [2.05, 4.69) is 41.1 Å². The number of benzene rings is 2. The molecule has 2 amide bonds. The van der Waals surface area contributed by atoms with Crippen molar-refractivity contribution in [1.29, 1.82) is 0 Å². The van der Waals surface area contributed by atoms with Gasteiger partial charge in [-0.15, -0.1) is 0 Å². The molecule has 0 aliphatic heterocycles. The summed E-state index contributed by atoms with van der Waals surface area (Å²) < 4.78 is 24.2. The van der Waals surface area contributed by atoms with Crippen LogP contribution in [0.1, 0.15) is 33.3 Å². The molecule has 196 valence electrons. The van der Waals surface area contributed by atoms with Crippen molar-refractivity contribution >= 4 is 18.0 Å². The minimum Gasteiger partial charge on any atom is -0.493 e. The fraction of sp³-hybridized carbons (Fsp3) is 0.179. The third-order valence-electron chi connectivity index (χ3n) is 5.59. The van der Waals surface area contributed by atoms with Gasteiger partial charge in [0.2, 0.25) is 0 Å². The quantitative estimate of drug-likeness (QED) is 0.230. The fourth-order valence-electron chi connectivity index (χ4n) is 3.81. The highest BCUT2D eigenvalue weighted by molar-refractivity contribution is 5.93. The molecule has 0 aliphatic carbocycles. The van der Waals surface area contributed by atoms with E-state index < -0.39 is 11.8 Å². The van der Waals surface area contributed by atoms with E-state index in [0.717, 1.165) is 17.1 Å². The van der Waals surface area contributed by atoms with E-state index in [1.807, 2.05) is 24.3 Å². The monoisotopic (exact) mass is 516 g/mol. The lowest BCUT2D eigenvalue weighted by Gasteiger charge is -2.11. The van der Waals surface area contributed by atoms with E-state index in [9.17, 15) is 9.59 Å². The van der Waals surface area contributed by atoms with Crippen molar-refractivity contribution in [3.05, 3.63) is 95.2 Å². The first-order chi connectivity index (χ1) is 18.4. The predicted octanol–water partition coefficient (Wildman–Crippen LogP) is 3.90. The molecule has 0 unspecified atom stereocenters. The second kappa shape index (κ2) is 11.8. The summed E-state index contributed by atoms with van der Waals surface area (Å²) in [4.78, 5) is 23.6. The number of furan rings is 1. The normalized spacial score (nSPS) is 10.9. The summed E-state index contributed by atoms with van der Waals surface area (Å²) in [5, 5.41) is 3.96. The Morgan fingerprint density at radius 3 is 2.42 bits per heavy atom. The summed E-state index contributed by atoms with van der Waals surface area (Å²) in [6.45, 7) is 3.94. The van der Waals surface area contributed by atoms with Gasteiger partial charge in [-0.2, -0.15) is 5.10 Å². The Kier molecular flexibility index (Phi) is 8.12. The molecule has 3 N–H and O–H groups in total. The summed E-state index contributed by atoms with van der Waals surface area (Å²) in [7, 11) is 1.47. The van der Waals surface area contributed by atoms with Crippen LogP contribution in [0.25, 0.3) is 5.69 Å². The van der Waals surface area contributed by atoms with Crippen molar-refractivity contribution < 1.29 is 28.2 Å². The molecular weight excluding hydrogens is 488 g/mol. The van der Waals surface area contributed by atoms with Gasteiger partial charge in [0.05, 0.1) is 13.3 Å². The first kappa shape index (κ1) is 26.1. The van der Waals surface area contributed by atoms with Gasteiger partial charge in [0, 0.05) is 22.6 Å². The zero-order valence-corrected chi connectivity index (χ0v) is 21.3. The molecule has 4 aromatic rings. The van der Waals surface area contributed by atoms with Gasteiger partial charge in [0.25, 0.3) is 5.91 Å². The van der Waals surface area contributed by atoms with Crippen LogP contribution in [0.3, 0.4) is 0 Å². The first-order valence-electron chi connectivity index (χ1n) is 11.7. The van der Waals surface area contributed by atoms with Gasteiger partial charge in [-0.25, -0.2) is 5.43 Å². The van der Waals surface area contributed by atoms with Crippen LogP contribution < -0.4 is 25.4 Å². The molecule has 10 nitrogen and oxygen atoms in total. The number of hydrogen-bond acceptors (Lipinski definition) is 7. The number of para-hydroxylation sites is 1. The average molecular weight is 517 g/mol. The molecule has 0 atom stereocenters. The summed E-state index contributed by atoms with van der Waals surface area (Å²) in [5.74, 6) is 0.718. The van der Waals surface area contributed by atoms with Gasteiger partial charge >= 0.3 is 5.91 Å². The van der Waals surface area contributed by atoms with E-state index in [4.69, 9.17) is 24.4 Å². The number of ether oxygens (including phenoxy) is 3. The predicted molar refractivity (Wildman–Crippen MR) is 141 cm³/mol. The molecule has 0 saturated heterocycles. The Balaban J connectivity index is 1.33. The minimum atomic E-state index is -0.635. The van der Waals surface area contributed by atoms with Crippen LogP contribution in [-0.2, 0) is 11.4 Å². The Bertz CT molecular complexity index is 1430. The zero-order valence-electron chi connectivity index (χ0n) is 21.3. The third kappa shape index (κ3) is 6.22. The van der Waals surface area contributed by atoms with Crippen molar-refractivity contribution in [3.8, 4) is 22.9 Å². The van der Waals surface area contributed by atoms with Crippen molar-refractivity contribution in [2.75, 3.05) is 13.7 Å². The number of nitrogens with two attached hydrogens (primary N) is 1. The van der Waals surface area contributed by atoms with Gasteiger partial charge in [0.1, 0.15) is 18.1 Å². The Morgan fingerprint density at radius 1 is 1.00 bits per heavy atom. The highest BCUT2D eigenvalue weighted by atomic mass is 16.5. The lowest BCUT2D eigenvalue weighted by atomic mass is 10.2. The van der Waals surface area contributed by atoms with E-state index in [-0.39, 0.29) is 24.7 Å². The molecule has 0 spiro atoms. The summed E-state index contributed by atoms with van der Waals surface area (Å²) in [6, 6.07) is 20.2. The molecule has 0 radical (unpaired) electrons. The number of aromatic nitrogens is 1. The van der Waals surface area contributed by atoms with Crippen LogP contribution in [0.4, 0.5) is 0 Å². The topological polar surface area (TPSA) is 130 Å². The maximum atomic E-state index is 12.5. The number of nitrogens with one attached hydrogen (secondary N) is 1. The molecule has 4 rings (SSSR count). The van der Waals surface area contributed by atoms with Gasteiger partial charge in [-0.05, 0) is 74.5 Å². The number of carbonyl (C=O) groups is 2. The fourth-order valence-corrected chi connectivity index (χ4v) is 3.81. The SMILES string of the molecule is COc1cccc(C=NNC(=O)c2ccc(COc3ccc(-n4c(C)ccc4C)cc3)o2)c1OCC(N)=O. The van der Waals surface area contributed by atoms with E-state index >= 15 is 0 Å². The van der Waals surface area contributed by atoms with E-state index in [1.54, 1.807) is 24.3 Å². The maximum Gasteiger partial charge on any atom is 0.307 e. The standard InChI is InChI=1S/C28H28N4O6/c1-18-7-8-19(2)32(18)21-9-11-22(12-10-21)36-16-23-13-14-25(38-23)28(34)31-30-15-20-5-4-6-24(35-3)27(20)37-17-26(29)33/h4-15H,16-17H2,1-3H3,(H2,29,33)(H,31,34). The molecule has 2 aromatic carbocycles. The molecule has 38 heavy (non-hydrogen) atoms. The molecule has 0 bridgehead atoms. The number of nitrogens with zero attached hydrogens (tertiary/aromatic N) is 2. The van der Waals surface area contributed by atoms with Crippen LogP contribution in [-0.4, -0.2) is 36.3 Å². The average Bonchev–Trinajstić information content (AvgIpc) is 3.52. The van der Waals surface area contributed by atoms with Crippen molar-refractivity contribution in [2.24, 2.45) is 10.8 Å². The number of amides is 2. The first-order valence-corrected chi connectivity index (χ1v) is 11.7. The molecule has 0 fully saturated rings. The van der Waals surface area contributed by atoms with Gasteiger partial charge < -0.3 is 28.9 Å². The minimum absolute atomic E-state index is 0.0745. The van der Waals surface area contributed by atoms with Gasteiger partial charge in [-0.3, -0.25) is 9.59 Å². The number of hydrazone groups is 1. The third-order valence-corrected chi connectivity index (χ3v) is 5.59. The highest BCUT2D eigenvalue weighted by Gasteiger charge is 2.13. The molecule has 0 aliphatic rings. The van der Waals surface area contributed by atoms with Crippen molar-refractivity contribution in [1.82, 2.24) is 9.99 Å². The van der Waals surface area contributed by atoms with Gasteiger partial charge in [0.15, 0.2) is 23.9 Å². The number of rotatable bonds is 11. The molecule has 2 aromatic heterocycles. The Labute approximate surface area is 219 Å². The summed E-state index contributed by atoms with van der Waals surface area (Å²) in [5.41, 5.74) is 11.4. The van der Waals surface area contributed by atoms with Crippen molar-refractivity contribution in [3.63, 3.8) is 0 Å². The van der Waals surface area contributed by atoms with Crippen LogP contribution in [0, 0.1) is 13.8 Å². The Hall–Kier alpha value is -4.99. The summed E-state index contributed by atoms with van der Waals surface area (Å²) in [6.07, 6.45) is 1.37. The van der Waals surface area contributed by atoms with Crippen LogP contribution >= 0.6 is 0 Å². The number of carbonyl (C=O) groups excluding carboxylic acids is 2. The lowest BCUT2D eigenvalue weighted by molar-refractivity contribution is -0.119. The lowest BCUT2D eigenvalue weighted by Crippen LogP contribution is -2.21. The number of methoxy groups -OCH3 is 1. The smallest absolute Gasteiger partial charge is 0.307 e. The second-order valence-corrected chi connectivity index (χ2v) is 8.33.